The molecule has 0 bridgehead atoms. The number of hydrogen-bond donors (Lipinski definition) is 2. The first-order valence-electron chi connectivity index (χ1n) is 11.2. The monoisotopic (exact) mass is 472 g/mol. The fourth-order valence-corrected chi connectivity index (χ4v) is 4.51. The second-order valence-corrected chi connectivity index (χ2v) is 8.20. The molecule has 0 fully saturated rings. The summed E-state index contributed by atoms with van der Waals surface area (Å²) in [6.07, 6.45) is 0.302. The normalized spacial score (nSPS) is 13.4. The van der Waals surface area contributed by atoms with Gasteiger partial charge in [0.2, 0.25) is 0 Å². The lowest BCUT2D eigenvalue weighted by atomic mass is 9.59. The van der Waals surface area contributed by atoms with Gasteiger partial charge in [0.05, 0.1) is 75.4 Å². The number of rotatable bonds is 13. The highest BCUT2D eigenvalue weighted by Crippen LogP contribution is 2.51. The van der Waals surface area contributed by atoms with Crippen molar-refractivity contribution in [3.63, 3.8) is 0 Å². The minimum atomic E-state index is -1.21. The van der Waals surface area contributed by atoms with Crippen LogP contribution in [0.15, 0.2) is 48.5 Å². The van der Waals surface area contributed by atoms with Crippen molar-refractivity contribution in [3.05, 3.63) is 59.7 Å². The van der Waals surface area contributed by atoms with Crippen LogP contribution in [0, 0.1) is 63.1 Å². The van der Waals surface area contributed by atoms with Gasteiger partial charge in [-0.25, -0.2) is 0 Å². The van der Waals surface area contributed by atoms with Crippen molar-refractivity contribution in [2.75, 3.05) is 26.4 Å². The van der Waals surface area contributed by atoms with E-state index in [2.05, 4.69) is 12.1 Å². The van der Waals surface area contributed by atoms with E-state index in [1.54, 1.807) is 43.3 Å². The maximum atomic E-state index is 10.9. The third kappa shape index (κ3) is 6.50. The number of ether oxygens (including phenoxy) is 2. The highest BCUT2D eigenvalue weighted by atomic mass is 16.5. The first-order valence-corrected chi connectivity index (χ1v) is 11.2. The van der Waals surface area contributed by atoms with Crippen LogP contribution in [0.1, 0.15) is 30.9 Å². The molecule has 2 unspecified atom stereocenters. The number of phenols is 2. The third-order valence-corrected chi connectivity index (χ3v) is 6.10. The summed E-state index contributed by atoms with van der Waals surface area (Å²) in [5, 5.41) is 59.8. The molecule has 8 heteroatoms. The summed E-state index contributed by atoms with van der Waals surface area (Å²) in [5.41, 5.74) is -0.351. The fraction of sp³-hybridized carbons (Fsp3) is 0.407. The Kier molecular flexibility index (Phi) is 10.5. The van der Waals surface area contributed by atoms with Crippen molar-refractivity contribution >= 4 is 0 Å². The number of para-hydroxylation sites is 2. The van der Waals surface area contributed by atoms with E-state index in [1.807, 2.05) is 12.1 Å². The van der Waals surface area contributed by atoms with Crippen LogP contribution in [-0.2, 0) is 14.9 Å². The molecular formula is C27H28N4O4. The Labute approximate surface area is 205 Å². The zero-order valence-corrected chi connectivity index (χ0v) is 19.6. The number of phenolic OH excluding ortho intramolecular Hbond substituents is 2. The Morgan fingerprint density at radius 1 is 0.743 bits per heavy atom. The van der Waals surface area contributed by atoms with Crippen molar-refractivity contribution in [1.82, 2.24) is 0 Å². The summed E-state index contributed by atoms with van der Waals surface area (Å²) < 4.78 is 11.2. The van der Waals surface area contributed by atoms with Gasteiger partial charge in [0, 0.05) is 22.5 Å². The molecule has 2 aromatic rings. The van der Waals surface area contributed by atoms with Crippen LogP contribution >= 0.6 is 0 Å². The molecule has 2 atom stereocenters. The molecule has 0 saturated carbocycles. The molecule has 2 rings (SSSR count). The predicted octanol–water partition coefficient (Wildman–Crippen LogP) is 4.16. The number of nitrogens with zero attached hydrogens (tertiary/aromatic N) is 4. The maximum Gasteiger partial charge on any atom is 0.119 e. The summed E-state index contributed by atoms with van der Waals surface area (Å²) >= 11 is 0. The number of benzene rings is 2. The van der Waals surface area contributed by atoms with E-state index in [4.69, 9.17) is 20.0 Å². The van der Waals surface area contributed by atoms with Gasteiger partial charge in [-0.3, -0.25) is 0 Å². The Morgan fingerprint density at radius 3 is 1.49 bits per heavy atom. The molecule has 2 N–H and O–H groups in total. The molecule has 0 radical (unpaired) electrons. The minimum absolute atomic E-state index is 0.0487. The van der Waals surface area contributed by atoms with Crippen LogP contribution in [0.4, 0.5) is 0 Å². The Hall–Kier alpha value is -4.08. The summed E-state index contributed by atoms with van der Waals surface area (Å²) in [7, 11) is 0. The first-order chi connectivity index (χ1) is 16.9. The number of nitriles is 4. The van der Waals surface area contributed by atoms with E-state index in [-0.39, 0.29) is 50.8 Å². The molecule has 2 aromatic carbocycles. The van der Waals surface area contributed by atoms with Gasteiger partial charge in [0.15, 0.2) is 0 Å². The third-order valence-electron chi connectivity index (χ3n) is 6.10. The molecular weight excluding hydrogens is 444 g/mol. The predicted molar refractivity (Wildman–Crippen MR) is 126 cm³/mol. The van der Waals surface area contributed by atoms with Gasteiger partial charge in [-0.1, -0.05) is 43.3 Å². The van der Waals surface area contributed by atoms with E-state index < -0.39 is 23.2 Å². The number of aromatic hydroxyl groups is 2. The SMILES string of the molecule is CC(c1ccccc1O)(c1ccccc1O)C(C(C#N)COCCC#N)C(C#N)COCCC#N. The molecule has 0 aliphatic heterocycles. The largest absolute Gasteiger partial charge is 0.508 e. The van der Waals surface area contributed by atoms with E-state index >= 15 is 0 Å². The van der Waals surface area contributed by atoms with Crippen LogP contribution in [-0.4, -0.2) is 36.6 Å². The highest BCUT2D eigenvalue weighted by Gasteiger charge is 2.49. The number of hydrogen-bond acceptors (Lipinski definition) is 8. The van der Waals surface area contributed by atoms with E-state index in [0.29, 0.717) is 11.1 Å². The van der Waals surface area contributed by atoms with E-state index in [9.17, 15) is 20.7 Å². The van der Waals surface area contributed by atoms with Crippen LogP contribution in [0.25, 0.3) is 0 Å². The van der Waals surface area contributed by atoms with Crippen molar-refractivity contribution in [2.24, 2.45) is 17.8 Å². The van der Waals surface area contributed by atoms with Gasteiger partial charge >= 0.3 is 0 Å². The van der Waals surface area contributed by atoms with Crippen molar-refractivity contribution in [2.45, 2.75) is 25.2 Å². The smallest absolute Gasteiger partial charge is 0.119 e. The van der Waals surface area contributed by atoms with Crippen molar-refractivity contribution in [3.8, 4) is 35.8 Å². The minimum Gasteiger partial charge on any atom is -0.508 e. The molecule has 0 heterocycles. The van der Waals surface area contributed by atoms with Crippen LogP contribution < -0.4 is 0 Å². The first kappa shape index (κ1) is 27.2. The highest BCUT2D eigenvalue weighted by molar-refractivity contribution is 5.52. The molecule has 180 valence electrons. The molecule has 8 nitrogen and oxygen atoms in total. The second kappa shape index (κ2) is 13.6. The Morgan fingerprint density at radius 2 is 1.14 bits per heavy atom. The quantitative estimate of drug-likeness (QED) is 0.412. The molecule has 0 aromatic heterocycles. The van der Waals surface area contributed by atoms with Crippen molar-refractivity contribution < 1.29 is 19.7 Å². The van der Waals surface area contributed by atoms with Gasteiger partial charge in [-0.2, -0.15) is 21.0 Å². The maximum absolute atomic E-state index is 10.9. The average molecular weight is 473 g/mol. The summed E-state index contributed by atoms with van der Waals surface area (Å²) in [6, 6.07) is 21.7. The lowest BCUT2D eigenvalue weighted by Crippen LogP contribution is -2.45. The van der Waals surface area contributed by atoms with Gasteiger partial charge in [0.1, 0.15) is 11.5 Å². The van der Waals surface area contributed by atoms with Crippen LogP contribution in [0.2, 0.25) is 0 Å². The van der Waals surface area contributed by atoms with E-state index in [0.717, 1.165) is 0 Å². The van der Waals surface area contributed by atoms with Crippen LogP contribution in [0.5, 0.6) is 11.5 Å². The van der Waals surface area contributed by atoms with Gasteiger partial charge in [-0.15, -0.1) is 0 Å². The molecule has 0 spiro atoms. The molecule has 0 aliphatic rings. The van der Waals surface area contributed by atoms with Crippen LogP contribution in [0.3, 0.4) is 0 Å². The van der Waals surface area contributed by atoms with Gasteiger partial charge in [0.25, 0.3) is 0 Å². The topological polar surface area (TPSA) is 154 Å². The van der Waals surface area contributed by atoms with E-state index in [1.165, 1.54) is 12.1 Å². The fourth-order valence-electron chi connectivity index (χ4n) is 4.51. The summed E-state index contributed by atoms with van der Waals surface area (Å²) in [5.74, 6) is -2.62. The Balaban J connectivity index is 2.71. The average Bonchev–Trinajstić information content (AvgIpc) is 2.87. The standard InChI is InChI=1S/C27H28N4O4/c1-27(22-8-2-4-10-24(22)32,23-9-3-5-11-25(23)33)26(20(16-30)18-34-14-6-12-28)21(17-31)19-35-15-7-13-29/h2-5,8-11,20-21,26,32-33H,6-7,14-15,18-19H2,1H3. The summed E-state index contributed by atoms with van der Waals surface area (Å²) in [4.78, 5) is 0. The zero-order chi connectivity index (χ0) is 25.7. The van der Waals surface area contributed by atoms with Gasteiger partial charge in [-0.05, 0) is 12.1 Å². The summed E-state index contributed by atoms with van der Waals surface area (Å²) in [6.45, 7) is 1.91. The molecule has 35 heavy (non-hydrogen) atoms. The molecule has 0 aliphatic carbocycles. The molecule has 0 amide bonds. The van der Waals surface area contributed by atoms with Gasteiger partial charge < -0.3 is 19.7 Å². The Bertz CT molecular complexity index is 1050. The lowest BCUT2D eigenvalue weighted by Gasteiger charge is -2.43. The second-order valence-electron chi connectivity index (χ2n) is 8.20. The zero-order valence-electron chi connectivity index (χ0n) is 19.6. The molecule has 0 saturated heterocycles. The van der Waals surface area contributed by atoms with Crippen molar-refractivity contribution in [1.29, 1.82) is 21.0 Å². The lowest BCUT2D eigenvalue weighted by molar-refractivity contribution is 0.0403.